The average molecular weight is 365 g/mol. The maximum atomic E-state index is 13.7. The lowest BCUT2D eigenvalue weighted by Crippen LogP contribution is -2.56. The second-order valence-corrected chi connectivity index (χ2v) is 6.98. The molecule has 2 rings (SSSR count). The Labute approximate surface area is 152 Å². The Hall–Kier alpha value is -1.99. The molecule has 143 valence electrons. The fraction of sp³-hybridized carbons (Fsp3) is 0.526. The van der Waals surface area contributed by atoms with Gasteiger partial charge in [0.25, 0.3) is 0 Å². The Morgan fingerprint density at radius 1 is 1.31 bits per heavy atom. The molecule has 4 atom stereocenters. The SMILES string of the molecule is NC(=O)C1CCCCC1(O)C(CC(O)[CH]Cc1ccccc1F)C(N)=O. The smallest absolute Gasteiger partial charge is 0.223 e. The van der Waals surface area contributed by atoms with Crippen molar-refractivity contribution >= 4 is 11.8 Å². The molecule has 0 heterocycles. The molecule has 1 fully saturated rings. The van der Waals surface area contributed by atoms with Crippen molar-refractivity contribution in [2.45, 2.75) is 50.2 Å². The second-order valence-electron chi connectivity index (χ2n) is 6.98. The topological polar surface area (TPSA) is 127 Å². The van der Waals surface area contributed by atoms with Gasteiger partial charge in [-0.2, -0.15) is 0 Å². The molecule has 26 heavy (non-hydrogen) atoms. The summed E-state index contributed by atoms with van der Waals surface area (Å²) in [5, 5.41) is 21.3. The van der Waals surface area contributed by atoms with Crippen molar-refractivity contribution in [3.63, 3.8) is 0 Å². The monoisotopic (exact) mass is 365 g/mol. The molecule has 7 heteroatoms. The third-order valence-corrected chi connectivity index (χ3v) is 5.26. The Balaban J connectivity index is 2.08. The number of primary amides is 2. The average Bonchev–Trinajstić information content (AvgIpc) is 2.58. The first-order valence-corrected chi connectivity index (χ1v) is 8.81. The van der Waals surface area contributed by atoms with E-state index in [1.807, 2.05) is 0 Å². The minimum atomic E-state index is -1.66. The third-order valence-electron chi connectivity index (χ3n) is 5.26. The summed E-state index contributed by atoms with van der Waals surface area (Å²) >= 11 is 0. The van der Waals surface area contributed by atoms with E-state index in [9.17, 15) is 24.2 Å². The first-order chi connectivity index (χ1) is 12.3. The summed E-state index contributed by atoms with van der Waals surface area (Å²) in [7, 11) is 0. The Kier molecular flexibility index (Phi) is 6.72. The van der Waals surface area contributed by atoms with E-state index in [-0.39, 0.29) is 25.1 Å². The molecule has 1 aromatic rings. The highest BCUT2D eigenvalue weighted by molar-refractivity contribution is 5.82. The quantitative estimate of drug-likeness (QED) is 0.544. The van der Waals surface area contributed by atoms with Gasteiger partial charge >= 0.3 is 0 Å². The summed E-state index contributed by atoms with van der Waals surface area (Å²) < 4.78 is 13.7. The van der Waals surface area contributed by atoms with Crippen molar-refractivity contribution in [2.24, 2.45) is 23.3 Å². The minimum absolute atomic E-state index is 0.149. The molecule has 0 aromatic heterocycles. The molecule has 6 nitrogen and oxygen atoms in total. The normalized spacial score (nSPS) is 25.4. The molecule has 1 radical (unpaired) electrons. The van der Waals surface area contributed by atoms with Gasteiger partial charge in [-0.05, 0) is 43.7 Å². The van der Waals surface area contributed by atoms with Crippen LogP contribution in [0.5, 0.6) is 0 Å². The van der Waals surface area contributed by atoms with Gasteiger partial charge in [0.15, 0.2) is 0 Å². The standard InChI is InChI=1S/C19H26FN2O4/c20-16-7-2-1-5-12(16)8-9-13(23)11-15(18(22)25)19(26)10-4-3-6-14(19)17(21)24/h1-2,5,7,9,13-15,23,26H,3-4,6,8,10-11H2,(H2,21,24)(H2,22,25). The number of halogens is 1. The first kappa shape index (κ1) is 20.3. The summed E-state index contributed by atoms with van der Waals surface area (Å²) in [5.74, 6) is -3.86. The van der Waals surface area contributed by atoms with Crippen LogP contribution in [0.2, 0.25) is 0 Å². The Morgan fingerprint density at radius 2 is 2.00 bits per heavy atom. The van der Waals surface area contributed by atoms with Crippen LogP contribution in [0.3, 0.4) is 0 Å². The van der Waals surface area contributed by atoms with Crippen LogP contribution in [0.25, 0.3) is 0 Å². The van der Waals surface area contributed by atoms with E-state index in [2.05, 4.69) is 0 Å². The van der Waals surface area contributed by atoms with Crippen LogP contribution in [0, 0.1) is 24.1 Å². The zero-order valence-corrected chi connectivity index (χ0v) is 14.6. The number of nitrogens with two attached hydrogens (primary N) is 2. The van der Waals surface area contributed by atoms with E-state index in [4.69, 9.17) is 11.5 Å². The molecule has 1 aliphatic carbocycles. The van der Waals surface area contributed by atoms with Gasteiger partial charge in [-0.15, -0.1) is 0 Å². The molecule has 1 saturated carbocycles. The molecular formula is C19H26FN2O4. The van der Waals surface area contributed by atoms with Crippen LogP contribution in [0.4, 0.5) is 4.39 Å². The van der Waals surface area contributed by atoms with Crippen molar-refractivity contribution in [1.29, 1.82) is 0 Å². The van der Waals surface area contributed by atoms with Crippen LogP contribution in [-0.4, -0.2) is 33.7 Å². The predicted molar refractivity (Wildman–Crippen MR) is 93.8 cm³/mol. The summed E-state index contributed by atoms with van der Waals surface area (Å²) in [4.78, 5) is 23.7. The van der Waals surface area contributed by atoms with Gasteiger partial charge < -0.3 is 21.7 Å². The van der Waals surface area contributed by atoms with E-state index in [0.717, 1.165) is 6.42 Å². The van der Waals surface area contributed by atoms with E-state index in [0.29, 0.717) is 18.4 Å². The molecule has 4 unspecified atom stereocenters. The van der Waals surface area contributed by atoms with Crippen LogP contribution in [-0.2, 0) is 16.0 Å². The van der Waals surface area contributed by atoms with Gasteiger partial charge in [-0.1, -0.05) is 31.0 Å². The fourth-order valence-corrected chi connectivity index (χ4v) is 3.82. The summed E-state index contributed by atoms with van der Waals surface area (Å²) in [6, 6.07) is 6.18. The number of benzene rings is 1. The van der Waals surface area contributed by atoms with Crippen LogP contribution >= 0.6 is 0 Å². The Bertz CT molecular complexity index is 654. The van der Waals surface area contributed by atoms with Crippen molar-refractivity contribution in [1.82, 2.24) is 0 Å². The number of hydrogen-bond acceptors (Lipinski definition) is 4. The molecular weight excluding hydrogens is 339 g/mol. The summed E-state index contributed by atoms with van der Waals surface area (Å²) in [6.07, 6.45) is 2.34. The zero-order chi connectivity index (χ0) is 19.3. The van der Waals surface area contributed by atoms with E-state index in [1.165, 1.54) is 12.5 Å². The predicted octanol–water partition coefficient (Wildman–Crippen LogP) is 0.832. The summed E-state index contributed by atoms with van der Waals surface area (Å²) in [5.41, 5.74) is 9.61. The van der Waals surface area contributed by atoms with Crippen LogP contribution in [0.15, 0.2) is 24.3 Å². The molecule has 6 N–H and O–H groups in total. The number of aliphatic hydroxyl groups excluding tert-OH is 1. The van der Waals surface area contributed by atoms with Crippen molar-refractivity contribution in [2.75, 3.05) is 0 Å². The van der Waals surface area contributed by atoms with Gasteiger partial charge in [-0.3, -0.25) is 9.59 Å². The van der Waals surface area contributed by atoms with Gasteiger partial charge in [0.05, 0.1) is 23.5 Å². The second kappa shape index (κ2) is 8.60. The number of carbonyl (C=O) groups excluding carboxylic acids is 2. The highest BCUT2D eigenvalue weighted by Crippen LogP contribution is 2.41. The first-order valence-electron chi connectivity index (χ1n) is 8.81. The highest BCUT2D eigenvalue weighted by atomic mass is 19.1. The maximum Gasteiger partial charge on any atom is 0.223 e. The lowest BCUT2D eigenvalue weighted by atomic mass is 9.66. The minimum Gasteiger partial charge on any atom is -0.393 e. The van der Waals surface area contributed by atoms with Crippen molar-refractivity contribution in [3.05, 3.63) is 42.1 Å². The molecule has 2 amide bonds. The van der Waals surface area contributed by atoms with Crippen molar-refractivity contribution in [3.8, 4) is 0 Å². The molecule has 0 saturated heterocycles. The van der Waals surface area contributed by atoms with Gasteiger partial charge in [0, 0.05) is 0 Å². The lowest BCUT2D eigenvalue weighted by Gasteiger charge is -2.43. The fourth-order valence-electron chi connectivity index (χ4n) is 3.82. The van der Waals surface area contributed by atoms with Gasteiger partial charge in [-0.25, -0.2) is 4.39 Å². The zero-order valence-electron chi connectivity index (χ0n) is 14.6. The van der Waals surface area contributed by atoms with Crippen LogP contribution in [0.1, 0.15) is 37.7 Å². The van der Waals surface area contributed by atoms with Crippen molar-refractivity contribution < 1.29 is 24.2 Å². The number of carbonyl (C=O) groups is 2. The van der Waals surface area contributed by atoms with E-state index >= 15 is 0 Å². The molecule has 0 aliphatic heterocycles. The van der Waals surface area contributed by atoms with E-state index in [1.54, 1.807) is 18.2 Å². The number of rotatable bonds is 8. The molecule has 1 aliphatic rings. The van der Waals surface area contributed by atoms with E-state index < -0.39 is 35.4 Å². The summed E-state index contributed by atoms with van der Waals surface area (Å²) in [6.45, 7) is 0. The van der Waals surface area contributed by atoms with Gasteiger partial charge in [0.2, 0.25) is 11.8 Å². The maximum absolute atomic E-state index is 13.7. The molecule has 0 spiro atoms. The Morgan fingerprint density at radius 3 is 2.62 bits per heavy atom. The third kappa shape index (κ3) is 4.59. The van der Waals surface area contributed by atoms with Gasteiger partial charge in [0.1, 0.15) is 5.82 Å². The number of amides is 2. The largest absolute Gasteiger partial charge is 0.393 e. The number of aliphatic hydroxyl groups is 2. The lowest BCUT2D eigenvalue weighted by molar-refractivity contribution is -0.154. The molecule has 1 aromatic carbocycles. The highest BCUT2D eigenvalue weighted by Gasteiger charge is 2.50. The van der Waals surface area contributed by atoms with Crippen LogP contribution < -0.4 is 11.5 Å². The number of hydrogen-bond donors (Lipinski definition) is 4. The molecule has 0 bridgehead atoms.